The number of nitrogens with zero attached hydrogens (tertiary/aromatic N) is 3. The summed E-state index contributed by atoms with van der Waals surface area (Å²) >= 11 is 0. The molecule has 1 amide bonds. The van der Waals surface area contributed by atoms with Gasteiger partial charge in [-0.3, -0.25) is 10.2 Å². The summed E-state index contributed by atoms with van der Waals surface area (Å²) in [5, 5.41) is 9.84. The van der Waals surface area contributed by atoms with Crippen molar-refractivity contribution in [3.63, 3.8) is 0 Å². The second-order valence-electron chi connectivity index (χ2n) is 3.95. The maximum atomic E-state index is 12.1. The highest BCUT2D eigenvalue weighted by Crippen LogP contribution is 2.10. The summed E-state index contributed by atoms with van der Waals surface area (Å²) in [6.45, 7) is 1.86. The van der Waals surface area contributed by atoms with E-state index >= 15 is 0 Å². The summed E-state index contributed by atoms with van der Waals surface area (Å²) in [5.74, 6) is -0.00884. The molecule has 0 spiro atoms. The van der Waals surface area contributed by atoms with Crippen molar-refractivity contribution in [2.75, 3.05) is 12.0 Å². The smallest absolute Gasteiger partial charge is 0.426 e. The van der Waals surface area contributed by atoms with Crippen LogP contribution in [0.5, 0.6) is 0 Å². The first kappa shape index (κ1) is 12.9. The Balaban J connectivity index is 2.52. The van der Waals surface area contributed by atoms with Gasteiger partial charge in [0, 0.05) is 13.6 Å². The lowest BCUT2D eigenvalue weighted by atomic mass is 10.3. The summed E-state index contributed by atoms with van der Waals surface area (Å²) in [5.41, 5.74) is 3.45. The SMILES string of the molecule is CCN(Nc1nc2ccccc2n(C)c1=O)C(=O)O. The molecule has 0 aliphatic heterocycles. The van der Waals surface area contributed by atoms with Gasteiger partial charge >= 0.3 is 6.09 Å². The minimum absolute atomic E-state index is 0.00884. The predicted molar refractivity (Wildman–Crippen MR) is 71.0 cm³/mol. The lowest BCUT2D eigenvalue weighted by Gasteiger charge is -2.18. The third kappa shape index (κ3) is 2.35. The molecule has 2 aromatic rings. The first-order valence-electron chi connectivity index (χ1n) is 5.77. The van der Waals surface area contributed by atoms with Crippen molar-refractivity contribution >= 4 is 22.9 Å². The number of carboxylic acid groups (broad SMARTS) is 1. The van der Waals surface area contributed by atoms with Gasteiger partial charge in [-0.1, -0.05) is 12.1 Å². The number of carbonyl (C=O) groups is 1. The van der Waals surface area contributed by atoms with E-state index in [2.05, 4.69) is 10.4 Å². The van der Waals surface area contributed by atoms with E-state index in [4.69, 9.17) is 5.11 Å². The van der Waals surface area contributed by atoms with Crippen molar-refractivity contribution in [3.05, 3.63) is 34.6 Å². The van der Waals surface area contributed by atoms with Crippen LogP contribution < -0.4 is 11.0 Å². The molecule has 1 aromatic carbocycles. The fourth-order valence-electron chi connectivity index (χ4n) is 1.74. The third-order valence-corrected chi connectivity index (χ3v) is 2.77. The average Bonchev–Trinajstić information content (AvgIpc) is 2.41. The number of hydrazine groups is 1. The number of rotatable bonds is 3. The van der Waals surface area contributed by atoms with Crippen LogP contribution >= 0.6 is 0 Å². The molecule has 0 unspecified atom stereocenters. The number of hydrogen-bond donors (Lipinski definition) is 2. The van der Waals surface area contributed by atoms with E-state index in [1.165, 1.54) is 4.57 Å². The van der Waals surface area contributed by atoms with Gasteiger partial charge in [0.05, 0.1) is 11.0 Å². The van der Waals surface area contributed by atoms with Gasteiger partial charge in [-0.25, -0.2) is 14.8 Å². The Hall–Kier alpha value is -2.57. The van der Waals surface area contributed by atoms with E-state index in [1.807, 2.05) is 6.07 Å². The summed E-state index contributed by atoms with van der Waals surface area (Å²) < 4.78 is 1.43. The Labute approximate surface area is 109 Å². The second kappa shape index (κ2) is 4.97. The molecule has 0 atom stereocenters. The van der Waals surface area contributed by atoms with Crippen LogP contribution in [-0.4, -0.2) is 32.3 Å². The molecular weight excluding hydrogens is 248 g/mol. The third-order valence-electron chi connectivity index (χ3n) is 2.77. The van der Waals surface area contributed by atoms with Gasteiger partial charge in [0.1, 0.15) is 0 Å². The fraction of sp³-hybridized carbons (Fsp3) is 0.250. The fourth-order valence-corrected chi connectivity index (χ4v) is 1.74. The molecule has 2 N–H and O–H groups in total. The predicted octanol–water partition coefficient (Wildman–Crippen LogP) is 1.26. The highest BCUT2D eigenvalue weighted by Gasteiger charge is 2.14. The molecule has 0 saturated heterocycles. The van der Waals surface area contributed by atoms with Gasteiger partial charge < -0.3 is 9.67 Å². The van der Waals surface area contributed by atoms with Crippen LogP contribution in [0.3, 0.4) is 0 Å². The molecule has 7 heteroatoms. The number of amides is 1. The number of nitrogens with one attached hydrogen (secondary N) is 1. The molecule has 0 aliphatic rings. The van der Waals surface area contributed by atoms with Gasteiger partial charge in [0.15, 0.2) is 0 Å². The van der Waals surface area contributed by atoms with Crippen LogP contribution in [0, 0.1) is 0 Å². The van der Waals surface area contributed by atoms with E-state index in [0.717, 1.165) is 5.01 Å². The zero-order chi connectivity index (χ0) is 14.0. The molecule has 0 fully saturated rings. The number of anilines is 1. The number of aromatic nitrogens is 2. The van der Waals surface area contributed by atoms with Crippen molar-refractivity contribution < 1.29 is 9.90 Å². The summed E-state index contributed by atoms with van der Waals surface area (Å²) in [6, 6.07) is 7.16. The van der Waals surface area contributed by atoms with Crippen LogP contribution in [0.25, 0.3) is 11.0 Å². The second-order valence-corrected chi connectivity index (χ2v) is 3.95. The van der Waals surface area contributed by atoms with E-state index < -0.39 is 6.09 Å². The van der Waals surface area contributed by atoms with Gasteiger partial charge in [-0.05, 0) is 19.1 Å². The number of hydrogen-bond acceptors (Lipinski definition) is 4. The van der Waals surface area contributed by atoms with Crippen molar-refractivity contribution in [3.8, 4) is 0 Å². The van der Waals surface area contributed by atoms with Crippen LogP contribution in [-0.2, 0) is 7.05 Å². The van der Waals surface area contributed by atoms with E-state index in [-0.39, 0.29) is 17.9 Å². The van der Waals surface area contributed by atoms with Crippen molar-refractivity contribution in [2.45, 2.75) is 6.92 Å². The van der Waals surface area contributed by atoms with Gasteiger partial charge in [0.2, 0.25) is 5.82 Å². The topological polar surface area (TPSA) is 87.5 Å². The summed E-state index contributed by atoms with van der Waals surface area (Å²) in [7, 11) is 1.62. The normalized spacial score (nSPS) is 10.4. The number of aryl methyl sites for hydroxylation is 1. The Kier molecular flexibility index (Phi) is 3.37. The minimum Gasteiger partial charge on any atom is -0.464 e. The van der Waals surface area contributed by atoms with Crippen molar-refractivity contribution in [1.82, 2.24) is 14.6 Å². The molecule has 7 nitrogen and oxygen atoms in total. The summed E-state index contributed by atoms with van der Waals surface area (Å²) in [6.07, 6.45) is -1.17. The zero-order valence-electron chi connectivity index (χ0n) is 10.6. The van der Waals surface area contributed by atoms with Gasteiger partial charge in [-0.15, -0.1) is 0 Å². The number of benzene rings is 1. The van der Waals surface area contributed by atoms with Crippen LogP contribution in [0.2, 0.25) is 0 Å². The first-order chi connectivity index (χ1) is 9.04. The molecule has 0 aliphatic carbocycles. The van der Waals surface area contributed by atoms with E-state index in [0.29, 0.717) is 11.0 Å². The Morgan fingerprint density at radius 3 is 2.79 bits per heavy atom. The van der Waals surface area contributed by atoms with E-state index in [1.54, 1.807) is 32.2 Å². The highest BCUT2D eigenvalue weighted by atomic mass is 16.4. The maximum absolute atomic E-state index is 12.1. The Morgan fingerprint density at radius 1 is 1.47 bits per heavy atom. The van der Waals surface area contributed by atoms with Gasteiger partial charge in [-0.2, -0.15) is 0 Å². The minimum atomic E-state index is -1.17. The largest absolute Gasteiger partial charge is 0.464 e. The lowest BCUT2D eigenvalue weighted by molar-refractivity contribution is 0.157. The molecule has 1 aromatic heterocycles. The zero-order valence-corrected chi connectivity index (χ0v) is 10.6. The molecule has 2 rings (SSSR count). The van der Waals surface area contributed by atoms with Crippen LogP contribution in [0.15, 0.2) is 29.1 Å². The Morgan fingerprint density at radius 2 is 2.16 bits per heavy atom. The van der Waals surface area contributed by atoms with Crippen molar-refractivity contribution in [2.24, 2.45) is 7.05 Å². The monoisotopic (exact) mass is 262 g/mol. The molecule has 100 valence electrons. The molecule has 0 saturated carbocycles. The maximum Gasteiger partial charge on any atom is 0.426 e. The number of fused-ring (bicyclic) bond motifs is 1. The quantitative estimate of drug-likeness (QED) is 0.813. The molecular formula is C12H14N4O3. The van der Waals surface area contributed by atoms with E-state index in [9.17, 15) is 9.59 Å². The molecule has 0 radical (unpaired) electrons. The molecule has 1 heterocycles. The first-order valence-corrected chi connectivity index (χ1v) is 5.77. The van der Waals surface area contributed by atoms with Crippen LogP contribution in [0.4, 0.5) is 10.6 Å². The standard InChI is InChI=1S/C12H14N4O3/c1-3-16(12(18)19)14-10-11(17)15(2)9-7-5-4-6-8(9)13-10/h4-7H,3H2,1-2H3,(H,13,14)(H,18,19). The highest BCUT2D eigenvalue weighted by molar-refractivity contribution is 5.76. The number of para-hydroxylation sites is 2. The van der Waals surface area contributed by atoms with Crippen molar-refractivity contribution in [1.29, 1.82) is 0 Å². The summed E-state index contributed by atoms with van der Waals surface area (Å²) in [4.78, 5) is 27.2. The molecule has 19 heavy (non-hydrogen) atoms. The average molecular weight is 262 g/mol. The van der Waals surface area contributed by atoms with Crippen LogP contribution in [0.1, 0.15) is 6.92 Å². The molecule has 0 bridgehead atoms. The van der Waals surface area contributed by atoms with Gasteiger partial charge in [0.25, 0.3) is 5.56 Å². The lowest BCUT2D eigenvalue weighted by Crippen LogP contribution is -2.38. The Bertz CT molecular complexity index is 680.